The molecule has 1 aliphatic heterocycles. The Kier molecular flexibility index (Phi) is 4.92. The van der Waals surface area contributed by atoms with Gasteiger partial charge in [-0.05, 0) is 49.8 Å². The number of piperidine rings is 1. The molecule has 5 heteroatoms. The van der Waals surface area contributed by atoms with Gasteiger partial charge in [0.15, 0.2) is 9.84 Å². The van der Waals surface area contributed by atoms with E-state index < -0.39 is 9.84 Å². The highest BCUT2D eigenvalue weighted by molar-refractivity contribution is 7.99. The van der Waals surface area contributed by atoms with Gasteiger partial charge in [-0.15, -0.1) is 11.8 Å². The van der Waals surface area contributed by atoms with E-state index in [-0.39, 0.29) is 0 Å². The Morgan fingerprint density at radius 2 is 2.16 bits per heavy atom. The van der Waals surface area contributed by atoms with E-state index in [1.165, 1.54) is 42.8 Å². The third-order valence-electron chi connectivity index (χ3n) is 3.52. The highest BCUT2D eigenvalue weighted by Gasteiger charge is 2.16. The van der Waals surface area contributed by atoms with Crippen molar-refractivity contribution in [2.45, 2.75) is 41.5 Å². The summed E-state index contributed by atoms with van der Waals surface area (Å²) in [5.41, 5.74) is 1.22. The Labute approximate surface area is 120 Å². The first-order valence-corrected chi connectivity index (χ1v) is 9.72. The van der Waals surface area contributed by atoms with Crippen molar-refractivity contribution in [2.75, 3.05) is 19.1 Å². The number of hydrogen-bond acceptors (Lipinski definition) is 4. The van der Waals surface area contributed by atoms with E-state index in [1.54, 1.807) is 6.07 Å². The summed E-state index contributed by atoms with van der Waals surface area (Å²) in [4.78, 5) is 1.30. The number of thioether (sulfide) groups is 1. The summed E-state index contributed by atoms with van der Waals surface area (Å²) in [6.07, 6.45) is 7.94. The van der Waals surface area contributed by atoms with Crippen LogP contribution in [0.5, 0.6) is 0 Å². The molecule has 0 aromatic heterocycles. The molecular formula is C14H21NO2S2. The van der Waals surface area contributed by atoms with E-state index in [2.05, 4.69) is 5.32 Å². The van der Waals surface area contributed by atoms with Gasteiger partial charge >= 0.3 is 0 Å². The quantitative estimate of drug-likeness (QED) is 0.868. The number of nitrogens with one attached hydrogen (secondary N) is 1. The maximum atomic E-state index is 11.7. The Morgan fingerprint density at radius 1 is 1.37 bits per heavy atom. The second kappa shape index (κ2) is 6.29. The minimum Gasteiger partial charge on any atom is -0.314 e. The van der Waals surface area contributed by atoms with Gasteiger partial charge in [-0.25, -0.2) is 8.42 Å². The lowest BCUT2D eigenvalue weighted by Gasteiger charge is -2.23. The molecule has 1 aromatic carbocycles. The first-order chi connectivity index (χ1) is 9.00. The maximum Gasteiger partial charge on any atom is 0.176 e. The van der Waals surface area contributed by atoms with Crippen LogP contribution in [0.1, 0.15) is 24.8 Å². The molecule has 1 unspecified atom stereocenters. The highest BCUT2D eigenvalue weighted by Crippen LogP contribution is 2.27. The third kappa shape index (κ3) is 3.97. The van der Waals surface area contributed by atoms with Gasteiger partial charge in [-0.2, -0.15) is 0 Å². The Bertz CT molecular complexity index is 534. The van der Waals surface area contributed by atoms with E-state index in [1.807, 2.05) is 18.4 Å². The summed E-state index contributed by atoms with van der Waals surface area (Å²) in [6, 6.07) is 6.26. The monoisotopic (exact) mass is 299 g/mol. The molecule has 19 heavy (non-hydrogen) atoms. The molecule has 3 nitrogen and oxygen atoms in total. The van der Waals surface area contributed by atoms with Crippen LogP contribution in [0.3, 0.4) is 0 Å². The molecule has 1 heterocycles. The van der Waals surface area contributed by atoms with Crippen LogP contribution in [0.15, 0.2) is 28.0 Å². The molecule has 106 valence electrons. The Balaban J connectivity index is 2.19. The van der Waals surface area contributed by atoms with Crippen LogP contribution < -0.4 is 5.32 Å². The van der Waals surface area contributed by atoms with Gasteiger partial charge in [-0.1, -0.05) is 12.5 Å². The lowest BCUT2D eigenvalue weighted by atomic mass is 9.98. The van der Waals surface area contributed by atoms with E-state index in [4.69, 9.17) is 0 Å². The summed E-state index contributed by atoms with van der Waals surface area (Å²) in [7, 11) is -3.13. The fraction of sp³-hybridized carbons (Fsp3) is 0.571. The van der Waals surface area contributed by atoms with E-state index in [0.29, 0.717) is 10.9 Å². The number of sulfone groups is 1. The zero-order valence-electron chi connectivity index (χ0n) is 11.5. The maximum absolute atomic E-state index is 11.7. The van der Waals surface area contributed by atoms with Gasteiger partial charge in [0.1, 0.15) is 0 Å². The summed E-state index contributed by atoms with van der Waals surface area (Å²) >= 11 is 1.50. The van der Waals surface area contributed by atoms with Crippen LogP contribution in [0.25, 0.3) is 0 Å². The average Bonchev–Trinajstić information content (AvgIpc) is 2.38. The van der Waals surface area contributed by atoms with E-state index >= 15 is 0 Å². The zero-order chi connectivity index (χ0) is 13.9. The van der Waals surface area contributed by atoms with Crippen molar-refractivity contribution in [3.05, 3.63) is 23.8 Å². The Hall–Kier alpha value is -0.520. The topological polar surface area (TPSA) is 46.2 Å². The van der Waals surface area contributed by atoms with Crippen molar-refractivity contribution in [3.8, 4) is 0 Å². The molecule has 0 amide bonds. The molecule has 1 aromatic rings. The molecule has 0 spiro atoms. The lowest BCUT2D eigenvalue weighted by molar-refractivity contribution is 0.399. The molecule has 0 saturated carbocycles. The van der Waals surface area contributed by atoms with Gasteiger partial charge in [0, 0.05) is 17.2 Å². The number of benzene rings is 1. The SMILES string of the molecule is CSc1cc(CC2CCCCN2)ccc1S(C)(=O)=O. The van der Waals surface area contributed by atoms with Crippen molar-refractivity contribution in [1.29, 1.82) is 0 Å². The standard InChI is InChI=1S/C14H21NO2S2/c1-18-13-10-11(6-7-14(13)19(2,16)17)9-12-5-3-4-8-15-12/h6-7,10,12,15H,3-5,8-9H2,1-2H3. The summed E-state index contributed by atoms with van der Waals surface area (Å²) in [5, 5.41) is 3.52. The molecule has 0 aliphatic carbocycles. The first kappa shape index (κ1) is 14.9. The summed E-state index contributed by atoms with van der Waals surface area (Å²) in [6.45, 7) is 1.10. The largest absolute Gasteiger partial charge is 0.314 e. The van der Waals surface area contributed by atoms with Crippen molar-refractivity contribution in [3.63, 3.8) is 0 Å². The predicted molar refractivity (Wildman–Crippen MR) is 80.7 cm³/mol. The minimum atomic E-state index is -3.13. The molecule has 2 rings (SSSR count). The normalized spacial score (nSPS) is 20.4. The highest BCUT2D eigenvalue weighted by atomic mass is 32.2. The van der Waals surface area contributed by atoms with Gasteiger partial charge in [-0.3, -0.25) is 0 Å². The fourth-order valence-electron chi connectivity index (χ4n) is 2.53. The number of hydrogen-bond donors (Lipinski definition) is 1. The van der Waals surface area contributed by atoms with Gasteiger partial charge in [0.25, 0.3) is 0 Å². The smallest absolute Gasteiger partial charge is 0.176 e. The first-order valence-electron chi connectivity index (χ1n) is 6.61. The molecule has 1 N–H and O–H groups in total. The van der Waals surface area contributed by atoms with Crippen LogP contribution in [-0.4, -0.2) is 33.5 Å². The predicted octanol–water partition coefficient (Wildman–Crippen LogP) is 2.50. The van der Waals surface area contributed by atoms with Crippen LogP contribution in [0, 0.1) is 0 Å². The Morgan fingerprint density at radius 3 is 2.74 bits per heavy atom. The molecule has 1 aliphatic rings. The summed E-state index contributed by atoms with van der Waals surface area (Å²) in [5.74, 6) is 0. The molecule has 1 fully saturated rings. The van der Waals surface area contributed by atoms with Gasteiger partial charge in [0.05, 0.1) is 4.90 Å². The minimum absolute atomic E-state index is 0.445. The van der Waals surface area contributed by atoms with E-state index in [9.17, 15) is 8.42 Å². The van der Waals surface area contributed by atoms with Gasteiger partial charge < -0.3 is 5.32 Å². The zero-order valence-corrected chi connectivity index (χ0v) is 13.1. The molecule has 1 atom stereocenters. The van der Waals surface area contributed by atoms with Crippen molar-refractivity contribution >= 4 is 21.6 Å². The second-order valence-corrected chi connectivity index (χ2v) is 7.94. The molecule has 0 radical (unpaired) electrons. The van der Waals surface area contributed by atoms with Crippen molar-refractivity contribution in [1.82, 2.24) is 5.32 Å². The van der Waals surface area contributed by atoms with Gasteiger partial charge in [0.2, 0.25) is 0 Å². The van der Waals surface area contributed by atoms with Crippen LogP contribution >= 0.6 is 11.8 Å². The van der Waals surface area contributed by atoms with Crippen LogP contribution in [0.2, 0.25) is 0 Å². The third-order valence-corrected chi connectivity index (χ3v) is 5.58. The number of rotatable bonds is 4. The molecule has 0 bridgehead atoms. The molecule has 1 saturated heterocycles. The van der Waals surface area contributed by atoms with Crippen molar-refractivity contribution in [2.24, 2.45) is 0 Å². The average molecular weight is 299 g/mol. The summed E-state index contributed by atoms with van der Waals surface area (Å²) < 4.78 is 23.4. The molecular weight excluding hydrogens is 278 g/mol. The van der Waals surface area contributed by atoms with E-state index in [0.717, 1.165) is 17.9 Å². The lowest BCUT2D eigenvalue weighted by Crippen LogP contribution is -2.35. The fourth-order valence-corrected chi connectivity index (χ4v) is 4.51. The second-order valence-electron chi connectivity index (χ2n) is 5.11. The van der Waals surface area contributed by atoms with Crippen LogP contribution in [-0.2, 0) is 16.3 Å². The van der Waals surface area contributed by atoms with Crippen LogP contribution in [0.4, 0.5) is 0 Å². The van der Waals surface area contributed by atoms with Crippen molar-refractivity contribution < 1.29 is 8.42 Å².